The number of hydrogen-bond acceptors (Lipinski definition) is 7. The summed E-state index contributed by atoms with van der Waals surface area (Å²) in [4.78, 5) is 4.37. The zero-order valence-electron chi connectivity index (χ0n) is 17.2. The van der Waals surface area contributed by atoms with Crippen molar-refractivity contribution < 1.29 is 8.94 Å². The highest BCUT2D eigenvalue weighted by Crippen LogP contribution is 2.29. The lowest BCUT2D eigenvalue weighted by Crippen LogP contribution is -2.10. The zero-order valence-corrected chi connectivity index (χ0v) is 18.0. The van der Waals surface area contributed by atoms with Crippen molar-refractivity contribution in [2.24, 2.45) is 0 Å². The smallest absolute Gasteiger partial charge is 0.238 e. The van der Waals surface area contributed by atoms with Gasteiger partial charge in [-0.2, -0.15) is 4.98 Å². The fourth-order valence-electron chi connectivity index (χ4n) is 2.97. The Labute approximate surface area is 179 Å². The van der Waals surface area contributed by atoms with Gasteiger partial charge in [0.25, 0.3) is 0 Å². The number of rotatable bonds is 7. The van der Waals surface area contributed by atoms with Gasteiger partial charge in [-0.05, 0) is 23.1 Å². The predicted octanol–water partition coefficient (Wildman–Crippen LogP) is 5.36. The molecule has 0 saturated carbocycles. The van der Waals surface area contributed by atoms with Crippen LogP contribution in [0.25, 0.3) is 23.0 Å². The lowest BCUT2D eigenvalue weighted by molar-refractivity contribution is 0.390. The Bertz CT molecular complexity index is 1120. The molecule has 3 heterocycles. The Kier molecular flexibility index (Phi) is 5.59. The summed E-state index contributed by atoms with van der Waals surface area (Å²) < 4.78 is 12.7. The maximum Gasteiger partial charge on any atom is 0.238 e. The molecule has 4 rings (SSSR count). The molecule has 0 saturated heterocycles. The quantitative estimate of drug-likeness (QED) is 0.293. The first kappa shape index (κ1) is 20.2. The molecule has 0 N–H and O–H groups in total. The Morgan fingerprint density at radius 1 is 1.13 bits per heavy atom. The lowest BCUT2D eigenvalue weighted by Gasteiger charge is -2.19. The molecule has 0 amide bonds. The second-order valence-electron chi connectivity index (χ2n) is 7.81. The maximum atomic E-state index is 5.33. The first-order valence-electron chi connectivity index (χ1n) is 9.60. The van der Waals surface area contributed by atoms with E-state index in [2.05, 4.69) is 72.0 Å². The number of allylic oxidation sites excluding steroid dienone is 1. The van der Waals surface area contributed by atoms with Gasteiger partial charge in [0.15, 0.2) is 16.7 Å². The summed E-state index contributed by atoms with van der Waals surface area (Å²) in [5.41, 5.74) is 2.40. The molecule has 0 bridgehead atoms. The van der Waals surface area contributed by atoms with E-state index in [0.717, 1.165) is 16.5 Å². The summed E-state index contributed by atoms with van der Waals surface area (Å²) >= 11 is 1.49. The van der Waals surface area contributed by atoms with Crippen LogP contribution in [0.15, 0.2) is 69.4 Å². The molecule has 0 radical (unpaired) electrons. The van der Waals surface area contributed by atoms with Crippen LogP contribution < -0.4 is 0 Å². The summed E-state index contributed by atoms with van der Waals surface area (Å²) in [6.07, 6.45) is 3.41. The molecular formula is C22H23N5O2S. The number of nitrogens with zero attached hydrogens (tertiary/aromatic N) is 5. The van der Waals surface area contributed by atoms with Crippen molar-refractivity contribution in [2.45, 2.75) is 43.6 Å². The van der Waals surface area contributed by atoms with E-state index in [0.29, 0.717) is 29.8 Å². The Morgan fingerprint density at radius 2 is 1.93 bits per heavy atom. The van der Waals surface area contributed by atoms with Gasteiger partial charge in [-0.25, -0.2) is 0 Å². The standard InChI is InChI=1S/C22H23N5O2S/c1-5-12-27-20(15-8-10-16(11-9-15)22(2,3)4)24-25-21(27)30-14-18-23-19(26-29-18)17-7-6-13-28-17/h5-11,13H,1,12,14H2,2-4H3. The van der Waals surface area contributed by atoms with Gasteiger partial charge in [0.2, 0.25) is 11.7 Å². The summed E-state index contributed by atoms with van der Waals surface area (Å²) in [5.74, 6) is 2.79. The van der Waals surface area contributed by atoms with Crippen molar-refractivity contribution in [3.8, 4) is 23.0 Å². The molecule has 0 aliphatic heterocycles. The summed E-state index contributed by atoms with van der Waals surface area (Å²) in [6, 6.07) is 12.0. The molecule has 3 aromatic heterocycles. The van der Waals surface area contributed by atoms with Crippen molar-refractivity contribution in [3.05, 3.63) is 66.8 Å². The van der Waals surface area contributed by atoms with E-state index >= 15 is 0 Å². The number of benzene rings is 1. The van der Waals surface area contributed by atoms with Crippen molar-refractivity contribution in [2.75, 3.05) is 0 Å². The van der Waals surface area contributed by atoms with Crippen molar-refractivity contribution >= 4 is 11.8 Å². The highest BCUT2D eigenvalue weighted by atomic mass is 32.2. The maximum absolute atomic E-state index is 5.33. The molecule has 0 unspecified atom stereocenters. The number of thioether (sulfide) groups is 1. The van der Waals surface area contributed by atoms with Crippen molar-refractivity contribution in [3.63, 3.8) is 0 Å². The zero-order chi connectivity index (χ0) is 21.1. The van der Waals surface area contributed by atoms with E-state index in [-0.39, 0.29) is 5.41 Å². The van der Waals surface area contributed by atoms with Crippen LogP contribution in [0.3, 0.4) is 0 Å². The average molecular weight is 422 g/mol. The highest BCUT2D eigenvalue weighted by Gasteiger charge is 2.18. The minimum Gasteiger partial charge on any atom is -0.461 e. The van der Waals surface area contributed by atoms with E-state index in [1.54, 1.807) is 18.4 Å². The SMILES string of the molecule is C=CCn1c(SCc2nc(-c3ccco3)no2)nnc1-c1ccc(C(C)(C)C)cc1. The van der Waals surface area contributed by atoms with Gasteiger partial charge in [-0.15, -0.1) is 16.8 Å². The van der Waals surface area contributed by atoms with Crippen LogP contribution in [0.4, 0.5) is 0 Å². The lowest BCUT2D eigenvalue weighted by atomic mass is 9.87. The van der Waals surface area contributed by atoms with Crippen LogP contribution in [-0.4, -0.2) is 24.9 Å². The second-order valence-corrected chi connectivity index (χ2v) is 8.75. The topological polar surface area (TPSA) is 82.8 Å². The molecule has 30 heavy (non-hydrogen) atoms. The molecule has 0 fully saturated rings. The van der Waals surface area contributed by atoms with Gasteiger partial charge in [-0.3, -0.25) is 4.57 Å². The average Bonchev–Trinajstić information content (AvgIpc) is 3.47. The molecule has 4 aromatic rings. The molecule has 0 aliphatic carbocycles. The fraction of sp³-hybridized carbons (Fsp3) is 0.273. The fourth-order valence-corrected chi connectivity index (χ4v) is 3.75. The Morgan fingerprint density at radius 3 is 2.60 bits per heavy atom. The van der Waals surface area contributed by atoms with Gasteiger partial charge in [-0.1, -0.05) is 68.0 Å². The van der Waals surface area contributed by atoms with Crippen LogP contribution in [0.5, 0.6) is 0 Å². The minimum absolute atomic E-state index is 0.104. The van der Waals surface area contributed by atoms with Gasteiger partial charge >= 0.3 is 0 Å². The molecule has 8 heteroatoms. The van der Waals surface area contributed by atoms with E-state index in [9.17, 15) is 0 Å². The summed E-state index contributed by atoms with van der Waals surface area (Å²) in [6.45, 7) is 11.1. The Balaban J connectivity index is 1.53. The molecule has 154 valence electrons. The number of aromatic nitrogens is 5. The molecule has 0 spiro atoms. The van der Waals surface area contributed by atoms with Crippen LogP contribution in [0.2, 0.25) is 0 Å². The molecule has 0 aliphatic rings. The van der Waals surface area contributed by atoms with Crippen LogP contribution in [0, 0.1) is 0 Å². The van der Waals surface area contributed by atoms with E-state index in [4.69, 9.17) is 8.94 Å². The van der Waals surface area contributed by atoms with Gasteiger partial charge in [0.05, 0.1) is 12.0 Å². The number of hydrogen-bond donors (Lipinski definition) is 0. The minimum atomic E-state index is 0.104. The van der Waals surface area contributed by atoms with Gasteiger partial charge in [0, 0.05) is 12.1 Å². The van der Waals surface area contributed by atoms with Crippen molar-refractivity contribution in [1.29, 1.82) is 0 Å². The normalized spacial score (nSPS) is 11.7. The first-order chi connectivity index (χ1) is 14.5. The first-order valence-corrected chi connectivity index (χ1v) is 10.6. The van der Waals surface area contributed by atoms with Gasteiger partial charge < -0.3 is 8.94 Å². The molecule has 7 nitrogen and oxygen atoms in total. The largest absolute Gasteiger partial charge is 0.461 e. The molecule has 0 atom stereocenters. The third-order valence-corrected chi connectivity index (χ3v) is 5.52. The summed E-state index contributed by atoms with van der Waals surface area (Å²) in [7, 11) is 0. The van der Waals surface area contributed by atoms with Crippen LogP contribution in [-0.2, 0) is 17.7 Å². The van der Waals surface area contributed by atoms with Crippen molar-refractivity contribution in [1.82, 2.24) is 24.9 Å². The van der Waals surface area contributed by atoms with Gasteiger partial charge in [0.1, 0.15) is 0 Å². The summed E-state index contributed by atoms with van der Waals surface area (Å²) in [5, 5.41) is 13.5. The third-order valence-electron chi connectivity index (χ3n) is 4.57. The molecular weight excluding hydrogens is 398 g/mol. The highest BCUT2D eigenvalue weighted by molar-refractivity contribution is 7.98. The van der Waals surface area contributed by atoms with E-state index < -0.39 is 0 Å². The molecule has 1 aromatic carbocycles. The third kappa shape index (κ3) is 4.23. The number of furan rings is 1. The van der Waals surface area contributed by atoms with Crippen LogP contribution >= 0.6 is 11.8 Å². The predicted molar refractivity (Wildman–Crippen MR) is 116 cm³/mol. The van der Waals surface area contributed by atoms with Crippen LogP contribution in [0.1, 0.15) is 32.2 Å². The Hall–Kier alpha value is -3.13. The monoisotopic (exact) mass is 421 g/mol. The van der Waals surface area contributed by atoms with E-state index in [1.165, 1.54) is 17.3 Å². The second kappa shape index (κ2) is 8.31. The van der Waals surface area contributed by atoms with E-state index in [1.807, 2.05) is 10.6 Å².